The number of anilines is 1. The minimum absolute atomic E-state index is 0.0808. The molecule has 1 fully saturated rings. The fraction of sp³-hybridized carbons (Fsp3) is 0.250. The molecule has 1 saturated heterocycles. The van der Waals surface area contributed by atoms with Gasteiger partial charge < -0.3 is 9.88 Å². The fourth-order valence-electron chi connectivity index (χ4n) is 4.82. The van der Waals surface area contributed by atoms with Crippen LogP contribution in [0.3, 0.4) is 0 Å². The quantitative estimate of drug-likeness (QED) is 0.411. The van der Waals surface area contributed by atoms with E-state index in [1.807, 2.05) is 40.7 Å². The van der Waals surface area contributed by atoms with Crippen molar-refractivity contribution in [2.24, 2.45) is 5.92 Å². The molecule has 0 bridgehead atoms. The van der Waals surface area contributed by atoms with E-state index in [1.165, 1.54) is 6.33 Å². The van der Waals surface area contributed by atoms with E-state index in [-0.39, 0.29) is 12.0 Å². The van der Waals surface area contributed by atoms with Gasteiger partial charge in [-0.05, 0) is 30.0 Å². The Morgan fingerprint density at radius 2 is 2.21 bits per heavy atom. The van der Waals surface area contributed by atoms with Crippen molar-refractivity contribution >= 4 is 38.4 Å². The van der Waals surface area contributed by atoms with Crippen LogP contribution >= 0.6 is 11.3 Å². The average molecular weight is 466 g/mol. The Bertz CT molecular complexity index is 1580. The Morgan fingerprint density at radius 3 is 3.09 bits per heavy atom. The molecule has 9 nitrogen and oxygen atoms in total. The van der Waals surface area contributed by atoms with Crippen molar-refractivity contribution in [3.05, 3.63) is 54.1 Å². The van der Waals surface area contributed by atoms with E-state index < -0.39 is 0 Å². The van der Waals surface area contributed by atoms with Gasteiger partial charge in [-0.2, -0.15) is 15.6 Å². The van der Waals surface area contributed by atoms with E-state index in [2.05, 4.69) is 37.1 Å². The van der Waals surface area contributed by atoms with Crippen LogP contribution in [-0.2, 0) is 0 Å². The van der Waals surface area contributed by atoms with Crippen LogP contribution in [0.5, 0.6) is 0 Å². The zero-order valence-corrected chi connectivity index (χ0v) is 18.9. The summed E-state index contributed by atoms with van der Waals surface area (Å²) in [4.78, 5) is 18.8. The Labute approximate surface area is 198 Å². The van der Waals surface area contributed by atoms with Crippen LogP contribution in [-0.4, -0.2) is 42.8 Å². The molecule has 0 amide bonds. The number of nitrogens with one attached hydrogen (secondary N) is 1. The monoisotopic (exact) mass is 465 g/mol. The largest absolute Gasteiger partial charge is 0.355 e. The topological polar surface area (TPSA) is 123 Å². The number of aromatic amines is 1. The van der Waals surface area contributed by atoms with E-state index in [1.54, 1.807) is 17.5 Å². The second kappa shape index (κ2) is 8.25. The van der Waals surface area contributed by atoms with Crippen molar-refractivity contribution in [2.45, 2.75) is 18.9 Å². The van der Waals surface area contributed by atoms with Gasteiger partial charge in [-0.15, -0.1) is 11.3 Å². The number of rotatable bonds is 5. The number of pyridine rings is 1. The molecule has 0 aliphatic carbocycles. The number of nitriles is 2. The number of nitrogens with zero attached hydrogens (tertiary/aromatic N) is 8. The highest BCUT2D eigenvalue weighted by atomic mass is 32.1. The van der Waals surface area contributed by atoms with Gasteiger partial charge in [0.15, 0.2) is 0 Å². The SMILES string of the molecule is N#CC[C@@H]([C@H]1CCN(c2nc3ccsc3cc2C#N)C1)n1cc(-c2ncnc3[nH]ccc23)cn1. The van der Waals surface area contributed by atoms with E-state index in [0.29, 0.717) is 18.5 Å². The normalized spacial score (nSPS) is 16.6. The highest BCUT2D eigenvalue weighted by molar-refractivity contribution is 7.17. The Kier molecular flexibility index (Phi) is 4.93. The zero-order valence-electron chi connectivity index (χ0n) is 18.1. The van der Waals surface area contributed by atoms with Gasteiger partial charge in [0.2, 0.25) is 0 Å². The highest BCUT2D eigenvalue weighted by Gasteiger charge is 2.33. The molecular weight excluding hydrogens is 446 g/mol. The molecule has 10 heteroatoms. The van der Waals surface area contributed by atoms with Crippen molar-refractivity contribution < 1.29 is 0 Å². The molecule has 0 saturated carbocycles. The summed E-state index contributed by atoms with van der Waals surface area (Å²) in [6.07, 6.45) is 8.39. The van der Waals surface area contributed by atoms with Crippen LogP contribution in [0.25, 0.3) is 32.5 Å². The maximum atomic E-state index is 9.70. The molecule has 5 aromatic rings. The van der Waals surface area contributed by atoms with Crippen molar-refractivity contribution in [3.63, 3.8) is 0 Å². The summed E-state index contributed by atoms with van der Waals surface area (Å²) in [6, 6.07) is 10.4. The van der Waals surface area contributed by atoms with Crippen LogP contribution < -0.4 is 4.90 Å². The van der Waals surface area contributed by atoms with Crippen molar-refractivity contribution in [3.8, 4) is 23.4 Å². The van der Waals surface area contributed by atoms with Gasteiger partial charge in [-0.3, -0.25) is 4.68 Å². The first-order chi connectivity index (χ1) is 16.7. The van der Waals surface area contributed by atoms with Gasteiger partial charge in [-0.1, -0.05) is 0 Å². The highest BCUT2D eigenvalue weighted by Crippen LogP contribution is 2.36. The molecule has 2 atom stereocenters. The molecule has 6 rings (SSSR count). The molecule has 0 aromatic carbocycles. The van der Waals surface area contributed by atoms with Crippen LogP contribution in [0, 0.1) is 28.6 Å². The molecule has 6 heterocycles. The maximum Gasteiger partial charge on any atom is 0.147 e. The lowest BCUT2D eigenvalue weighted by Crippen LogP contribution is -2.26. The van der Waals surface area contributed by atoms with Gasteiger partial charge >= 0.3 is 0 Å². The molecular formula is C24H19N9S. The predicted octanol–water partition coefficient (Wildman–Crippen LogP) is 4.28. The Morgan fingerprint density at radius 1 is 1.26 bits per heavy atom. The van der Waals surface area contributed by atoms with Crippen LogP contribution in [0.1, 0.15) is 24.4 Å². The second-order valence-corrected chi connectivity index (χ2v) is 9.32. The minimum Gasteiger partial charge on any atom is -0.355 e. The summed E-state index contributed by atoms with van der Waals surface area (Å²) >= 11 is 1.59. The lowest BCUT2D eigenvalue weighted by molar-refractivity contribution is 0.332. The smallest absolute Gasteiger partial charge is 0.147 e. The molecule has 34 heavy (non-hydrogen) atoms. The summed E-state index contributed by atoms with van der Waals surface area (Å²) in [7, 11) is 0. The first-order valence-corrected chi connectivity index (χ1v) is 11.9. The van der Waals surface area contributed by atoms with Crippen molar-refractivity contribution in [1.29, 1.82) is 10.5 Å². The summed E-state index contributed by atoms with van der Waals surface area (Å²) in [5.41, 5.74) is 3.98. The lowest BCUT2D eigenvalue weighted by atomic mass is 9.96. The molecule has 1 N–H and O–H groups in total. The summed E-state index contributed by atoms with van der Waals surface area (Å²) in [5.74, 6) is 0.931. The molecule has 0 spiro atoms. The molecule has 1 aliphatic heterocycles. The maximum absolute atomic E-state index is 9.70. The second-order valence-electron chi connectivity index (χ2n) is 8.37. The first kappa shape index (κ1) is 20.3. The van der Waals surface area contributed by atoms with Gasteiger partial charge in [0.25, 0.3) is 0 Å². The standard InChI is InChI=1S/C24H19N9S/c25-5-1-20(33-13-17(11-30-33)22-18-2-6-27-23(18)29-14-28-22)15-3-7-32(12-15)24-16(10-26)9-21-19(31-24)4-8-34-21/h2,4,6,8-9,11,13-15,20H,1,3,7,12H2,(H,27,28,29)/t15-,20-/m0/s1. The molecule has 5 aromatic heterocycles. The Hall–Kier alpha value is -4.28. The van der Waals surface area contributed by atoms with E-state index in [9.17, 15) is 10.5 Å². The summed E-state index contributed by atoms with van der Waals surface area (Å²) in [6.45, 7) is 1.50. The Balaban J connectivity index is 1.29. The van der Waals surface area contributed by atoms with Crippen LogP contribution in [0.15, 0.2) is 48.5 Å². The van der Waals surface area contributed by atoms with Gasteiger partial charge in [-0.25, -0.2) is 15.0 Å². The molecule has 1 aliphatic rings. The number of H-pyrrole nitrogens is 1. The minimum atomic E-state index is -0.0808. The number of aromatic nitrogens is 6. The number of thiophene rings is 1. The zero-order chi connectivity index (χ0) is 23.1. The van der Waals surface area contributed by atoms with Crippen LogP contribution in [0.2, 0.25) is 0 Å². The third-order valence-electron chi connectivity index (χ3n) is 6.47. The molecule has 166 valence electrons. The third-order valence-corrected chi connectivity index (χ3v) is 7.33. The first-order valence-electron chi connectivity index (χ1n) is 11.0. The number of hydrogen-bond donors (Lipinski definition) is 1. The average Bonchev–Trinajstić information content (AvgIpc) is 3.67. The van der Waals surface area contributed by atoms with Gasteiger partial charge in [0.1, 0.15) is 23.9 Å². The van der Waals surface area contributed by atoms with E-state index >= 15 is 0 Å². The number of fused-ring (bicyclic) bond motifs is 2. The lowest BCUT2D eigenvalue weighted by Gasteiger charge is -2.23. The van der Waals surface area contributed by atoms with E-state index in [0.717, 1.165) is 51.3 Å². The molecule has 0 radical (unpaired) electrons. The predicted molar refractivity (Wildman–Crippen MR) is 129 cm³/mol. The summed E-state index contributed by atoms with van der Waals surface area (Å²) in [5, 5.41) is 26.8. The third kappa shape index (κ3) is 3.36. The van der Waals surface area contributed by atoms with Gasteiger partial charge in [0, 0.05) is 42.4 Å². The van der Waals surface area contributed by atoms with E-state index in [4.69, 9.17) is 4.98 Å². The molecule has 0 unspecified atom stereocenters. The van der Waals surface area contributed by atoms with Crippen molar-refractivity contribution in [2.75, 3.05) is 18.0 Å². The van der Waals surface area contributed by atoms with Gasteiger partial charge in [0.05, 0.1) is 46.2 Å². The van der Waals surface area contributed by atoms with Crippen LogP contribution in [0.4, 0.5) is 5.82 Å². The fourth-order valence-corrected chi connectivity index (χ4v) is 5.58. The van der Waals surface area contributed by atoms with Crippen molar-refractivity contribution in [1.82, 2.24) is 29.7 Å². The number of hydrogen-bond acceptors (Lipinski definition) is 8. The summed E-state index contributed by atoms with van der Waals surface area (Å²) < 4.78 is 2.91.